The van der Waals surface area contributed by atoms with Crippen molar-refractivity contribution in [3.05, 3.63) is 51.3 Å². The highest BCUT2D eigenvalue weighted by Gasteiger charge is 2.16. The summed E-state index contributed by atoms with van der Waals surface area (Å²) in [6.07, 6.45) is 1.37. The Balaban J connectivity index is 2.30. The van der Waals surface area contributed by atoms with Crippen molar-refractivity contribution in [3.8, 4) is 11.4 Å². The molecule has 5 nitrogen and oxygen atoms in total. The quantitative estimate of drug-likeness (QED) is 0.748. The van der Waals surface area contributed by atoms with Gasteiger partial charge in [-0.25, -0.2) is 9.18 Å². The SMILES string of the molecule is O=C(O)c1cc(Cl)c2nnc(-c3ccc(F)cc3Br)n2c1. The molecule has 3 aromatic rings. The maximum atomic E-state index is 13.2. The Bertz CT molecular complexity index is 881. The molecule has 0 aliphatic heterocycles. The van der Waals surface area contributed by atoms with Gasteiger partial charge < -0.3 is 5.11 Å². The highest BCUT2D eigenvalue weighted by Crippen LogP contribution is 2.29. The molecule has 0 saturated carbocycles. The molecule has 0 bridgehead atoms. The lowest BCUT2D eigenvalue weighted by atomic mass is 10.2. The minimum atomic E-state index is -1.11. The predicted octanol–water partition coefficient (Wildman–Crippen LogP) is 3.65. The van der Waals surface area contributed by atoms with Crippen molar-refractivity contribution in [1.82, 2.24) is 14.6 Å². The standard InChI is InChI=1S/C13H6BrClFN3O2/c14-9-4-7(16)1-2-8(9)11-17-18-12-10(15)3-6(13(20)21)5-19(11)12/h1-5H,(H,20,21). The minimum absolute atomic E-state index is 0.00628. The van der Waals surface area contributed by atoms with E-state index in [1.54, 1.807) is 0 Å². The van der Waals surface area contributed by atoms with E-state index in [0.717, 1.165) is 0 Å². The molecular formula is C13H6BrClFN3O2. The Hall–Kier alpha value is -1.99. The summed E-state index contributed by atoms with van der Waals surface area (Å²) in [5, 5.41) is 17.2. The summed E-state index contributed by atoms with van der Waals surface area (Å²) in [4.78, 5) is 11.1. The van der Waals surface area contributed by atoms with Gasteiger partial charge in [0, 0.05) is 16.2 Å². The van der Waals surface area contributed by atoms with Crippen LogP contribution in [0.4, 0.5) is 4.39 Å². The van der Waals surface area contributed by atoms with Crippen molar-refractivity contribution in [2.45, 2.75) is 0 Å². The zero-order chi connectivity index (χ0) is 15.1. The molecule has 0 aliphatic rings. The molecule has 106 valence electrons. The van der Waals surface area contributed by atoms with Crippen molar-refractivity contribution in [2.24, 2.45) is 0 Å². The summed E-state index contributed by atoms with van der Waals surface area (Å²) < 4.78 is 15.1. The lowest BCUT2D eigenvalue weighted by molar-refractivity contribution is 0.0696. The van der Waals surface area contributed by atoms with Crippen molar-refractivity contribution >= 4 is 39.1 Å². The topological polar surface area (TPSA) is 67.5 Å². The van der Waals surface area contributed by atoms with Crippen molar-refractivity contribution in [2.75, 3.05) is 0 Å². The average molecular weight is 371 g/mol. The number of aromatic nitrogens is 3. The highest BCUT2D eigenvalue weighted by atomic mass is 79.9. The van der Waals surface area contributed by atoms with E-state index in [0.29, 0.717) is 21.5 Å². The summed E-state index contributed by atoms with van der Waals surface area (Å²) in [5.74, 6) is -1.15. The number of carbonyl (C=O) groups is 1. The molecule has 0 spiro atoms. The van der Waals surface area contributed by atoms with Gasteiger partial charge in [0.25, 0.3) is 0 Å². The number of hydrogen-bond donors (Lipinski definition) is 1. The molecule has 3 rings (SSSR count). The van der Waals surface area contributed by atoms with Crippen molar-refractivity contribution in [1.29, 1.82) is 0 Å². The molecule has 0 atom stereocenters. The van der Waals surface area contributed by atoms with Crippen molar-refractivity contribution in [3.63, 3.8) is 0 Å². The molecule has 0 aliphatic carbocycles. The Kier molecular flexibility index (Phi) is 3.38. The van der Waals surface area contributed by atoms with E-state index < -0.39 is 11.8 Å². The number of benzene rings is 1. The van der Waals surface area contributed by atoms with E-state index in [-0.39, 0.29) is 10.6 Å². The first-order valence-electron chi connectivity index (χ1n) is 5.70. The summed E-state index contributed by atoms with van der Waals surface area (Å²) >= 11 is 9.26. The van der Waals surface area contributed by atoms with Gasteiger partial charge >= 0.3 is 5.97 Å². The predicted molar refractivity (Wildman–Crippen MR) is 78.1 cm³/mol. The van der Waals surface area contributed by atoms with Crippen LogP contribution in [0.25, 0.3) is 17.0 Å². The van der Waals surface area contributed by atoms with Gasteiger partial charge in [0.05, 0.1) is 10.6 Å². The number of hydrogen-bond acceptors (Lipinski definition) is 3. The molecule has 0 amide bonds. The Labute approximate surface area is 131 Å². The second kappa shape index (κ2) is 5.09. The fraction of sp³-hybridized carbons (Fsp3) is 0. The summed E-state index contributed by atoms with van der Waals surface area (Å²) in [5.41, 5.74) is 0.905. The van der Waals surface area contributed by atoms with Gasteiger partial charge in [0.15, 0.2) is 11.5 Å². The van der Waals surface area contributed by atoms with Crippen molar-refractivity contribution < 1.29 is 14.3 Å². The fourth-order valence-electron chi connectivity index (χ4n) is 1.93. The van der Waals surface area contributed by atoms with Gasteiger partial charge in [0.2, 0.25) is 0 Å². The van der Waals surface area contributed by atoms with E-state index in [2.05, 4.69) is 26.1 Å². The lowest BCUT2D eigenvalue weighted by Crippen LogP contribution is -2.00. The summed E-state index contributed by atoms with van der Waals surface area (Å²) in [6.45, 7) is 0. The summed E-state index contributed by atoms with van der Waals surface area (Å²) in [7, 11) is 0. The van der Waals surface area contributed by atoms with Gasteiger partial charge in [-0.2, -0.15) is 0 Å². The van der Waals surface area contributed by atoms with Crippen LogP contribution in [0, 0.1) is 5.82 Å². The number of carboxylic acids is 1. The number of aromatic carboxylic acids is 1. The second-order valence-corrected chi connectivity index (χ2v) is 5.48. The number of pyridine rings is 1. The third kappa shape index (κ3) is 2.38. The molecule has 21 heavy (non-hydrogen) atoms. The monoisotopic (exact) mass is 369 g/mol. The zero-order valence-electron chi connectivity index (χ0n) is 10.2. The first-order valence-corrected chi connectivity index (χ1v) is 6.87. The average Bonchev–Trinajstić information content (AvgIpc) is 2.83. The van der Waals surface area contributed by atoms with E-state index in [1.807, 2.05) is 0 Å². The normalized spacial score (nSPS) is 11.0. The molecule has 0 fully saturated rings. The Morgan fingerprint density at radius 2 is 2.10 bits per heavy atom. The number of fused-ring (bicyclic) bond motifs is 1. The number of halogens is 3. The van der Waals surface area contributed by atoms with Gasteiger partial charge in [-0.3, -0.25) is 4.40 Å². The van der Waals surface area contributed by atoms with Crippen LogP contribution in [0.15, 0.2) is 34.9 Å². The van der Waals surface area contributed by atoms with Crippen LogP contribution in [0.5, 0.6) is 0 Å². The van der Waals surface area contributed by atoms with Gasteiger partial charge in [-0.1, -0.05) is 11.6 Å². The first kappa shape index (κ1) is 14.0. The number of carboxylic acid groups (broad SMARTS) is 1. The minimum Gasteiger partial charge on any atom is -0.478 e. The molecule has 0 unspecified atom stereocenters. The molecular weight excluding hydrogens is 365 g/mol. The van der Waals surface area contributed by atoms with Crippen LogP contribution in [-0.2, 0) is 0 Å². The molecule has 1 aromatic carbocycles. The van der Waals surface area contributed by atoms with E-state index >= 15 is 0 Å². The Morgan fingerprint density at radius 1 is 1.33 bits per heavy atom. The van der Waals surface area contributed by atoms with Crippen LogP contribution in [-0.4, -0.2) is 25.7 Å². The van der Waals surface area contributed by atoms with E-state index in [1.165, 1.54) is 34.9 Å². The van der Waals surface area contributed by atoms with E-state index in [4.69, 9.17) is 16.7 Å². The molecule has 8 heteroatoms. The van der Waals surface area contributed by atoms with Gasteiger partial charge in [-0.15, -0.1) is 10.2 Å². The summed E-state index contributed by atoms with van der Waals surface area (Å²) in [6, 6.07) is 5.40. The largest absolute Gasteiger partial charge is 0.478 e. The maximum Gasteiger partial charge on any atom is 0.337 e. The van der Waals surface area contributed by atoms with Gasteiger partial charge in [-0.05, 0) is 40.2 Å². The first-order chi connectivity index (χ1) is 9.97. The fourth-order valence-corrected chi connectivity index (χ4v) is 2.70. The van der Waals surface area contributed by atoms with Crippen LogP contribution in [0.3, 0.4) is 0 Å². The third-order valence-corrected chi connectivity index (χ3v) is 3.81. The van der Waals surface area contributed by atoms with Crippen LogP contribution in [0.1, 0.15) is 10.4 Å². The molecule has 1 N–H and O–H groups in total. The van der Waals surface area contributed by atoms with Crippen LogP contribution >= 0.6 is 27.5 Å². The van der Waals surface area contributed by atoms with Gasteiger partial charge in [0.1, 0.15) is 5.82 Å². The molecule has 0 radical (unpaired) electrons. The zero-order valence-corrected chi connectivity index (χ0v) is 12.6. The second-order valence-electron chi connectivity index (χ2n) is 4.22. The highest BCUT2D eigenvalue weighted by molar-refractivity contribution is 9.10. The van der Waals surface area contributed by atoms with Crippen LogP contribution in [0.2, 0.25) is 5.02 Å². The maximum absolute atomic E-state index is 13.2. The molecule has 2 aromatic heterocycles. The third-order valence-electron chi connectivity index (χ3n) is 2.88. The molecule has 0 saturated heterocycles. The smallest absolute Gasteiger partial charge is 0.337 e. The lowest BCUT2D eigenvalue weighted by Gasteiger charge is -2.05. The molecule has 2 heterocycles. The number of nitrogens with zero attached hydrogens (tertiary/aromatic N) is 3. The Morgan fingerprint density at radius 3 is 2.76 bits per heavy atom. The van der Waals surface area contributed by atoms with Crippen LogP contribution < -0.4 is 0 Å². The number of rotatable bonds is 2. The van der Waals surface area contributed by atoms with E-state index in [9.17, 15) is 9.18 Å².